The van der Waals surface area contributed by atoms with Gasteiger partial charge in [-0.25, -0.2) is 4.79 Å². The van der Waals surface area contributed by atoms with E-state index < -0.39 is 18.0 Å². The molecule has 0 spiro atoms. The number of aliphatic hydroxyl groups excluding tert-OH is 1. The Hall–Kier alpha value is -1.79. The van der Waals surface area contributed by atoms with Gasteiger partial charge in [0.05, 0.1) is 6.61 Å². The van der Waals surface area contributed by atoms with E-state index in [2.05, 4.69) is 10.6 Å². The molecule has 0 aliphatic heterocycles. The van der Waals surface area contributed by atoms with Crippen molar-refractivity contribution in [3.63, 3.8) is 0 Å². The van der Waals surface area contributed by atoms with Gasteiger partial charge in [-0.2, -0.15) is 0 Å². The highest BCUT2D eigenvalue weighted by Gasteiger charge is 2.18. The van der Waals surface area contributed by atoms with Crippen LogP contribution < -0.4 is 15.4 Å². The SMILES string of the molecule is CCNC(=O)NC(=O)C(C)Oc1ccc(Cl)cc1CO. The van der Waals surface area contributed by atoms with Crippen LogP contribution in [0.15, 0.2) is 18.2 Å². The van der Waals surface area contributed by atoms with E-state index in [9.17, 15) is 14.7 Å². The molecule has 20 heavy (non-hydrogen) atoms. The molecule has 1 atom stereocenters. The maximum Gasteiger partial charge on any atom is 0.321 e. The van der Waals surface area contributed by atoms with Crippen molar-refractivity contribution in [2.75, 3.05) is 6.54 Å². The van der Waals surface area contributed by atoms with Crippen LogP contribution in [0.3, 0.4) is 0 Å². The highest BCUT2D eigenvalue weighted by Crippen LogP contribution is 2.23. The van der Waals surface area contributed by atoms with Crippen LogP contribution in [0.1, 0.15) is 19.4 Å². The lowest BCUT2D eigenvalue weighted by Gasteiger charge is -2.16. The van der Waals surface area contributed by atoms with Crippen LogP contribution in [0.4, 0.5) is 4.79 Å². The number of ether oxygens (including phenoxy) is 1. The predicted octanol–water partition coefficient (Wildman–Crippen LogP) is 1.45. The van der Waals surface area contributed by atoms with Crippen molar-refractivity contribution in [2.24, 2.45) is 0 Å². The fraction of sp³-hybridized carbons (Fsp3) is 0.385. The minimum atomic E-state index is -0.885. The van der Waals surface area contributed by atoms with Crippen molar-refractivity contribution in [2.45, 2.75) is 26.6 Å². The van der Waals surface area contributed by atoms with E-state index in [1.807, 2.05) is 0 Å². The van der Waals surface area contributed by atoms with Gasteiger partial charge in [0.15, 0.2) is 6.10 Å². The number of aliphatic hydroxyl groups is 1. The maximum absolute atomic E-state index is 11.7. The summed E-state index contributed by atoms with van der Waals surface area (Å²) in [7, 11) is 0. The molecule has 6 nitrogen and oxygen atoms in total. The van der Waals surface area contributed by atoms with Crippen LogP contribution in [0, 0.1) is 0 Å². The first-order valence-electron chi connectivity index (χ1n) is 6.12. The highest BCUT2D eigenvalue weighted by molar-refractivity contribution is 6.30. The molecule has 0 fully saturated rings. The Morgan fingerprint density at radius 2 is 2.15 bits per heavy atom. The molecule has 0 aliphatic rings. The van der Waals surface area contributed by atoms with Gasteiger partial charge in [0.25, 0.3) is 5.91 Å². The van der Waals surface area contributed by atoms with E-state index in [1.165, 1.54) is 6.92 Å². The number of rotatable bonds is 5. The molecule has 0 aliphatic carbocycles. The third-order valence-electron chi connectivity index (χ3n) is 2.44. The van der Waals surface area contributed by atoms with Gasteiger partial charge in [-0.05, 0) is 32.0 Å². The molecule has 110 valence electrons. The molecular formula is C13H17ClN2O4. The Balaban J connectivity index is 2.68. The molecule has 1 aromatic carbocycles. The van der Waals surface area contributed by atoms with Crippen LogP contribution in [0.5, 0.6) is 5.75 Å². The Bertz CT molecular complexity index is 493. The zero-order valence-electron chi connectivity index (χ0n) is 11.3. The van der Waals surface area contributed by atoms with E-state index in [0.29, 0.717) is 22.9 Å². The van der Waals surface area contributed by atoms with Gasteiger partial charge in [-0.15, -0.1) is 0 Å². The predicted molar refractivity (Wildman–Crippen MR) is 74.7 cm³/mol. The molecule has 1 aromatic rings. The van der Waals surface area contributed by atoms with Gasteiger partial charge >= 0.3 is 6.03 Å². The number of carbonyl (C=O) groups is 2. The molecule has 0 saturated heterocycles. The van der Waals surface area contributed by atoms with E-state index in [0.717, 1.165) is 0 Å². The Morgan fingerprint density at radius 1 is 1.45 bits per heavy atom. The number of imide groups is 1. The number of carbonyl (C=O) groups excluding carboxylic acids is 2. The number of nitrogens with one attached hydrogen (secondary N) is 2. The van der Waals surface area contributed by atoms with E-state index in [4.69, 9.17) is 16.3 Å². The number of benzene rings is 1. The van der Waals surface area contributed by atoms with Crippen LogP contribution >= 0.6 is 11.6 Å². The van der Waals surface area contributed by atoms with E-state index >= 15 is 0 Å². The lowest BCUT2D eigenvalue weighted by atomic mass is 10.2. The molecule has 3 N–H and O–H groups in total. The summed E-state index contributed by atoms with van der Waals surface area (Å²) in [6.45, 7) is 3.40. The summed E-state index contributed by atoms with van der Waals surface area (Å²) < 4.78 is 5.42. The van der Waals surface area contributed by atoms with Crippen molar-refractivity contribution in [1.82, 2.24) is 10.6 Å². The monoisotopic (exact) mass is 300 g/mol. The van der Waals surface area contributed by atoms with Crippen LogP contribution in [-0.2, 0) is 11.4 Å². The second-order valence-corrected chi connectivity index (χ2v) is 4.46. The highest BCUT2D eigenvalue weighted by atomic mass is 35.5. The quantitative estimate of drug-likeness (QED) is 0.768. The largest absolute Gasteiger partial charge is 0.481 e. The smallest absolute Gasteiger partial charge is 0.321 e. The van der Waals surface area contributed by atoms with Crippen molar-refractivity contribution in [3.05, 3.63) is 28.8 Å². The molecule has 1 unspecified atom stereocenters. The van der Waals surface area contributed by atoms with Gasteiger partial charge in [0.2, 0.25) is 0 Å². The molecule has 0 saturated carbocycles. The first kappa shape index (κ1) is 16.3. The third-order valence-corrected chi connectivity index (χ3v) is 2.68. The van der Waals surface area contributed by atoms with Crippen LogP contribution in [0.25, 0.3) is 0 Å². The summed E-state index contributed by atoms with van der Waals surface area (Å²) in [6, 6.07) is 4.12. The maximum atomic E-state index is 11.7. The zero-order chi connectivity index (χ0) is 15.1. The van der Waals surface area contributed by atoms with E-state index in [1.54, 1.807) is 25.1 Å². The van der Waals surface area contributed by atoms with Gasteiger partial charge in [-0.3, -0.25) is 10.1 Å². The standard InChI is InChI=1S/C13H17ClN2O4/c1-3-15-13(19)16-12(18)8(2)20-11-5-4-10(14)6-9(11)7-17/h4-6,8,17H,3,7H2,1-2H3,(H2,15,16,18,19). The lowest BCUT2D eigenvalue weighted by Crippen LogP contribution is -2.45. The fourth-order valence-corrected chi connectivity index (χ4v) is 1.64. The minimum absolute atomic E-state index is 0.263. The van der Waals surface area contributed by atoms with Crippen molar-refractivity contribution < 1.29 is 19.4 Å². The molecular weight excluding hydrogens is 284 g/mol. The number of urea groups is 1. The number of hydrogen-bond acceptors (Lipinski definition) is 4. The van der Waals surface area contributed by atoms with Gasteiger partial charge in [-0.1, -0.05) is 11.6 Å². The average Bonchev–Trinajstić information content (AvgIpc) is 2.40. The Morgan fingerprint density at radius 3 is 2.75 bits per heavy atom. The van der Waals surface area contributed by atoms with E-state index in [-0.39, 0.29) is 6.61 Å². The molecule has 7 heteroatoms. The first-order valence-corrected chi connectivity index (χ1v) is 6.50. The summed E-state index contributed by atoms with van der Waals surface area (Å²) in [5.41, 5.74) is 0.468. The average molecular weight is 301 g/mol. The molecule has 1 rings (SSSR count). The van der Waals surface area contributed by atoms with Gasteiger partial charge in [0, 0.05) is 17.1 Å². The molecule has 0 radical (unpaired) electrons. The number of amides is 3. The second-order valence-electron chi connectivity index (χ2n) is 4.02. The summed E-state index contributed by atoms with van der Waals surface area (Å²) in [5.74, 6) is -0.231. The first-order chi connectivity index (χ1) is 9.47. The molecule has 0 bridgehead atoms. The third kappa shape index (κ3) is 4.71. The van der Waals surface area contributed by atoms with Crippen LogP contribution in [0.2, 0.25) is 5.02 Å². The van der Waals surface area contributed by atoms with Crippen molar-refractivity contribution >= 4 is 23.5 Å². The second kappa shape index (κ2) is 7.72. The number of halogens is 1. The Kier molecular flexibility index (Phi) is 6.27. The summed E-state index contributed by atoms with van der Waals surface area (Å²) in [5, 5.41) is 14.3. The zero-order valence-corrected chi connectivity index (χ0v) is 12.0. The molecule has 0 aromatic heterocycles. The topological polar surface area (TPSA) is 87.7 Å². The summed E-state index contributed by atoms with van der Waals surface area (Å²) in [6.07, 6.45) is -0.885. The van der Waals surface area contributed by atoms with Gasteiger partial charge < -0.3 is 15.2 Å². The lowest BCUT2D eigenvalue weighted by molar-refractivity contribution is -0.126. The Labute approximate surface area is 122 Å². The fourth-order valence-electron chi connectivity index (χ4n) is 1.45. The molecule has 3 amide bonds. The van der Waals surface area contributed by atoms with Gasteiger partial charge in [0.1, 0.15) is 5.75 Å². The summed E-state index contributed by atoms with van der Waals surface area (Å²) >= 11 is 5.80. The number of hydrogen-bond donors (Lipinski definition) is 3. The summed E-state index contributed by atoms with van der Waals surface area (Å²) in [4.78, 5) is 22.9. The van der Waals surface area contributed by atoms with Crippen LogP contribution in [-0.4, -0.2) is 29.7 Å². The van der Waals surface area contributed by atoms with Crippen molar-refractivity contribution in [1.29, 1.82) is 0 Å². The minimum Gasteiger partial charge on any atom is -0.481 e. The molecule has 0 heterocycles. The normalized spacial score (nSPS) is 11.6. The van der Waals surface area contributed by atoms with Crippen molar-refractivity contribution in [3.8, 4) is 5.75 Å².